The number of ether oxygens (including phenoxy) is 3. The van der Waals surface area contributed by atoms with Gasteiger partial charge in [-0.05, 0) is 56.3 Å². The van der Waals surface area contributed by atoms with Crippen LogP contribution in [0.5, 0.6) is 0 Å². The molecule has 13 heteroatoms. The molecule has 2 heterocycles. The molecule has 0 saturated carbocycles. The fourth-order valence-electron chi connectivity index (χ4n) is 5.10. The van der Waals surface area contributed by atoms with Crippen LogP contribution < -0.4 is 0 Å². The minimum absolute atomic E-state index is 0.126. The Labute approximate surface area is 278 Å². The normalized spacial score (nSPS) is 18.4. The molecule has 0 aliphatic carbocycles. The number of esters is 1. The molecule has 5 rings (SSSR count). The van der Waals surface area contributed by atoms with Gasteiger partial charge in [0.25, 0.3) is 0 Å². The van der Waals surface area contributed by atoms with Crippen molar-refractivity contribution >= 4 is 23.8 Å². The summed E-state index contributed by atoms with van der Waals surface area (Å²) in [6.07, 6.45) is 8.36. The number of nitrogens with zero attached hydrogens (tertiary/aromatic N) is 4. The highest BCUT2D eigenvalue weighted by molar-refractivity contribution is 8.00. The summed E-state index contributed by atoms with van der Waals surface area (Å²) in [5.41, 5.74) is -1.75. The zero-order valence-corrected chi connectivity index (χ0v) is 26.4. The molecule has 247 valence electrons. The molecule has 0 N–H and O–H groups in total. The molecule has 0 amide bonds. The lowest BCUT2D eigenvalue weighted by molar-refractivity contribution is -0.146. The van der Waals surface area contributed by atoms with Crippen LogP contribution in [0, 0.1) is 41.5 Å². The van der Waals surface area contributed by atoms with Crippen molar-refractivity contribution in [3.63, 3.8) is 0 Å². The number of hydrogen-bond acceptors (Lipinski definition) is 8. The van der Waals surface area contributed by atoms with E-state index < -0.39 is 46.4 Å². The van der Waals surface area contributed by atoms with E-state index in [0.29, 0.717) is 11.6 Å². The zero-order chi connectivity index (χ0) is 34.3. The van der Waals surface area contributed by atoms with Crippen LogP contribution in [0.1, 0.15) is 39.5 Å². The van der Waals surface area contributed by atoms with E-state index in [1.807, 2.05) is 6.07 Å². The highest BCUT2D eigenvalue weighted by atomic mass is 32.2. The van der Waals surface area contributed by atoms with E-state index in [-0.39, 0.29) is 47.3 Å². The Bertz CT molecular complexity index is 1860. The number of rotatable bonds is 11. The fraction of sp³-hybridized carbons (Fsp3) is 0.229. The molecule has 3 aromatic carbocycles. The average molecular weight is 678 g/mol. The third kappa shape index (κ3) is 8.02. The van der Waals surface area contributed by atoms with E-state index in [0.717, 1.165) is 18.2 Å². The molecule has 48 heavy (non-hydrogen) atoms. The summed E-state index contributed by atoms with van der Waals surface area (Å²) in [4.78, 5) is 17.6. The van der Waals surface area contributed by atoms with Crippen molar-refractivity contribution in [3.05, 3.63) is 143 Å². The number of halogens is 4. The van der Waals surface area contributed by atoms with E-state index in [1.165, 1.54) is 59.4 Å². The molecule has 1 fully saturated rings. The third-order valence-corrected chi connectivity index (χ3v) is 9.04. The standard InChI is InChI=1S/C35H29F4N4O4S/c1-22-28(7-5-8-30(22)37)34(44)47-35(19-43-21-41-20-42-43,29-13-12-26(36)15-32(29)39)23(2)48-27-17-45-33(46-18-27)9-4-3-6-25-11-10-24(16-40)14-31(25)38/h3-15,20-21,23,27,33H,1,17-19H2,2H3/b6-3+,9-4+/t23-,27-,33-,35-/m1/s1. The smallest absolute Gasteiger partial charge is 0.339 e. The Kier molecular flexibility index (Phi) is 11.1. The van der Waals surface area contributed by atoms with E-state index in [4.69, 9.17) is 19.5 Å². The van der Waals surface area contributed by atoms with Gasteiger partial charge in [0.1, 0.15) is 35.9 Å². The Hall–Kier alpha value is -4.77. The molecule has 1 aliphatic rings. The SMILES string of the molecule is [CH2]c1c(F)cccc1C(=O)O[C@@](Cn1cncn1)(c1ccc(F)cc1F)[C@@H](C)S[C@H]1CO[C@H](/C=C/C=C/c2ccc(C#N)cc2F)OC1. The number of carbonyl (C=O) groups excluding carboxylic acids is 1. The summed E-state index contributed by atoms with van der Waals surface area (Å²) in [7, 11) is 0. The van der Waals surface area contributed by atoms with Gasteiger partial charge in [-0.2, -0.15) is 10.4 Å². The van der Waals surface area contributed by atoms with Crippen LogP contribution in [0.4, 0.5) is 17.6 Å². The molecule has 0 unspecified atom stereocenters. The minimum atomic E-state index is -1.81. The van der Waals surface area contributed by atoms with Gasteiger partial charge >= 0.3 is 5.97 Å². The second-order valence-corrected chi connectivity index (χ2v) is 12.4. The number of thioether (sulfide) groups is 1. The van der Waals surface area contributed by atoms with E-state index in [1.54, 1.807) is 31.2 Å². The summed E-state index contributed by atoms with van der Waals surface area (Å²) < 4.78 is 77.4. The lowest BCUT2D eigenvalue weighted by Gasteiger charge is -2.40. The van der Waals surface area contributed by atoms with E-state index in [2.05, 4.69) is 17.0 Å². The van der Waals surface area contributed by atoms with Crippen molar-refractivity contribution in [1.82, 2.24) is 14.8 Å². The van der Waals surface area contributed by atoms with Gasteiger partial charge < -0.3 is 14.2 Å². The lowest BCUT2D eigenvalue weighted by atomic mass is 9.89. The van der Waals surface area contributed by atoms with Crippen LogP contribution in [-0.4, -0.2) is 50.7 Å². The van der Waals surface area contributed by atoms with Crippen LogP contribution in [0.3, 0.4) is 0 Å². The van der Waals surface area contributed by atoms with Gasteiger partial charge in [0, 0.05) is 28.0 Å². The molecule has 0 bridgehead atoms. The highest BCUT2D eigenvalue weighted by Crippen LogP contribution is 2.42. The first-order valence-electron chi connectivity index (χ1n) is 14.6. The predicted molar refractivity (Wildman–Crippen MR) is 170 cm³/mol. The van der Waals surface area contributed by atoms with Gasteiger partial charge in [0.15, 0.2) is 11.9 Å². The summed E-state index contributed by atoms with van der Waals surface area (Å²) in [5, 5.41) is 12.0. The number of hydrogen-bond donors (Lipinski definition) is 0. The number of benzene rings is 3. The van der Waals surface area contributed by atoms with Crippen molar-refractivity contribution in [2.75, 3.05) is 13.2 Å². The van der Waals surface area contributed by atoms with Crippen molar-refractivity contribution < 1.29 is 36.6 Å². The maximum Gasteiger partial charge on any atom is 0.339 e. The first-order valence-corrected chi connectivity index (χ1v) is 15.6. The largest absolute Gasteiger partial charge is 0.447 e. The lowest BCUT2D eigenvalue weighted by Crippen LogP contribution is -2.47. The Morgan fingerprint density at radius 3 is 2.60 bits per heavy atom. The predicted octanol–water partition coefficient (Wildman–Crippen LogP) is 6.77. The van der Waals surface area contributed by atoms with Crippen LogP contribution in [0.25, 0.3) is 6.08 Å². The second-order valence-electron chi connectivity index (χ2n) is 10.8. The Morgan fingerprint density at radius 1 is 1.12 bits per heavy atom. The van der Waals surface area contributed by atoms with Crippen LogP contribution >= 0.6 is 11.8 Å². The van der Waals surface area contributed by atoms with Crippen molar-refractivity contribution in [2.45, 2.75) is 35.9 Å². The van der Waals surface area contributed by atoms with Crippen LogP contribution in [0.2, 0.25) is 0 Å². The molecule has 1 saturated heterocycles. The van der Waals surface area contributed by atoms with Gasteiger partial charge in [-0.25, -0.2) is 32.0 Å². The van der Waals surface area contributed by atoms with Crippen molar-refractivity contribution in [1.29, 1.82) is 5.26 Å². The third-order valence-electron chi connectivity index (χ3n) is 7.59. The topological polar surface area (TPSA) is 99.3 Å². The average Bonchev–Trinajstić information content (AvgIpc) is 3.58. The molecule has 1 radical (unpaired) electrons. The molecule has 2 atom stereocenters. The van der Waals surface area contributed by atoms with E-state index >= 15 is 4.39 Å². The first-order chi connectivity index (χ1) is 23.1. The quantitative estimate of drug-likeness (QED) is 0.0975. The summed E-state index contributed by atoms with van der Waals surface area (Å²) in [6.45, 7) is 5.54. The molecule has 8 nitrogen and oxygen atoms in total. The maximum atomic E-state index is 15.6. The summed E-state index contributed by atoms with van der Waals surface area (Å²) in [6, 6.07) is 12.8. The molecule has 0 spiro atoms. The minimum Gasteiger partial charge on any atom is -0.447 e. The fourth-order valence-corrected chi connectivity index (χ4v) is 6.46. The molecule has 1 aromatic heterocycles. The van der Waals surface area contributed by atoms with Gasteiger partial charge in [-0.3, -0.25) is 0 Å². The van der Waals surface area contributed by atoms with Crippen molar-refractivity contribution in [2.24, 2.45) is 0 Å². The molecular formula is C35H29F4N4O4S. The van der Waals surface area contributed by atoms with Crippen LogP contribution in [-0.2, 0) is 26.4 Å². The summed E-state index contributed by atoms with van der Waals surface area (Å²) >= 11 is 1.29. The molecule has 4 aromatic rings. The maximum absolute atomic E-state index is 15.6. The zero-order valence-electron chi connectivity index (χ0n) is 25.6. The van der Waals surface area contributed by atoms with Gasteiger partial charge in [0.05, 0.1) is 42.2 Å². The van der Waals surface area contributed by atoms with Gasteiger partial charge in [-0.15, -0.1) is 11.8 Å². The van der Waals surface area contributed by atoms with Gasteiger partial charge in [0.2, 0.25) is 0 Å². The van der Waals surface area contributed by atoms with Gasteiger partial charge in [-0.1, -0.05) is 30.4 Å². The molecule has 1 aliphatic heterocycles. The Morgan fingerprint density at radius 2 is 1.92 bits per heavy atom. The summed E-state index contributed by atoms with van der Waals surface area (Å²) in [5.74, 6) is -4.00. The number of carbonyl (C=O) groups is 1. The second kappa shape index (κ2) is 15.4. The number of allylic oxidation sites excluding steroid dienone is 2. The van der Waals surface area contributed by atoms with Crippen LogP contribution in [0.15, 0.2) is 85.5 Å². The number of nitriles is 1. The van der Waals surface area contributed by atoms with Crippen molar-refractivity contribution in [3.8, 4) is 6.07 Å². The monoisotopic (exact) mass is 677 g/mol. The first kappa shape index (κ1) is 34.6. The Balaban J connectivity index is 1.35. The van der Waals surface area contributed by atoms with E-state index in [9.17, 15) is 18.0 Å². The highest BCUT2D eigenvalue weighted by Gasteiger charge is 2.47. The number of aromatic nitrogens is 3. The molecular weight excluding hydrogens is 648 g/mol.